The summed E-state index contributed by atoms with van der Waals surface area (Å²) < 4.78 is 50.6. The molecule has 600 valence electrons. The number of nitrogens with zero attached hydrogens (tertiary/aromatic N) is 18. The van der Waals surface area contributed by atoms with Gasteiger partial charge in [0.15, 0.2) is 50.5 Å². The van der Waals surface area contributed by atoms with E-state index in [1.807, 2.05) is 18.6 Å². The molecule has 39 rings (SSSR count). The van der Waals surface area contributed by atoms with Crippen molar-refractivity contribution < 1.29 is 41.6 Å². The molecule has 0 radical (unpaired) electrons. The van der Waals surface area contributed by atoms with Crippen LogP contribution in [-0.2, 0) is 17.0 Å². The fourth-order valence-electron chi connectivity index (χ4n) is 27.7. The number of imidazole rings is 6. The van der Waals surface area contributed by atoms with Crippen LogP contribution in [0, 0.1) is 0 Å². The molecule has 21 heteroatoms. The first-order chi connectivity index (χ1) is 65.6. The van der Waals surface area contributed by atoms with Crippen LogP contribution in [0.2, 0.25) is 0 Å². The standard InChI is InChI=1S/3C37H18N6O/c1-3-9-23-19(7-1)21-13-15-29-33-31(21)35-40(23)25-11-5-6-12-26(25)42(35)37(33)34-30(44-29)16-14-22-20-8-2-4-10-24(20)41-27-17-38-39-18-28(27)43(37)36(41)32(22)34;1-3-9-23-19(7-1)21-13-15-28-32-30(21)35-40(23)25-11-5-6-12-26(25)42(35)37(32)33-29(44-28)16-14-22-20-8-2-4-10-24(20)41-27-17-38-18-39-34(27)43(37)36(41)31(22)33;1-3-9-23-19(7-1)21-13-15-28-32-30(21)35-40(23)25-11-5-6-12-26(25)42(35)37(32)33-29(44-28)16-14-22-20-8-2-4-10-24(20)41-27-17-18-38-39-34(27)43(37)36(41)31(22)33/h3*1-18H/q3*+2. The van der Waals surface area contributed by atoms with E-state index < -0.39 is 17.0 Å². The third-order valence-corrected chi connectivity index (χ3v) is 31.7. The van der Waals surface area contributed by atoms with Crippen LogP contribution in [0.15, 0.2) is 328 Å². The minimum absolute atomic E-state index is 0.730. The van der Waals surface area contributed by atoms with Crippen LogP contribution < -0.4 is 41.6 Å². The van der Waals surface area contributed by atoms with E-state index in [1.165, 1.54) is 197 Å². The van der Waals surface area contributed by atoms with Crippen molar-refractivity contribution >= 4 is 230 Å². The Balaban J connectivity index is 0.0000000844. The molecule has 30 aromatic rings. The maximum absolute atomic E-state index is 6.92. The van der Waals surface area contributed by atoms with Gasteiger partial charge in [-0.25, -0.2) is 13.8 Å². The molecular formula is C111H54N18O3+6. The van der Waals surface area contributed by atoms with Crippen LogP contribution in [0.5, 0.6) is 34.5 Å². The fraction of sp³-hybridized carbons (Fsp3) is 0.0270. The van der Waals surface area contributed by atoms with Crippen molar-refractivity contribution in [1.82, 2.24) is 56.8 Å². The van der Waals surface area contributed by atoms with E-state index in [-0.39, 0.29) is 0 Å². The smallest absolute Gasteiger partial charge is 0.332 e. The van der Waals surface area contributed by atoms with Crippen molar-refractivity contribution in [2.45, 2.75) is 17.0 Å². The van der Waals surface area contributed by atoms with Crippen LogP contribution in [0.4, 0.5) is 0 Å². The van der Waals surface area contributed by atoms with Gasteiger partial charge in [-0.3, -0.25) is 0 Å². The fourth-order valence-corrected chi connectivity index (χ4v) is 27.7. The normalized spacial score (nSPS) is 17.4. The Bertz CT molecular complexity index is 9660. The summed E-state index contributed by atoms with van der Waals surface area (Å²) in [4.78, 5) is 9.59. The molecule has 9 aliphatic heterocycles. The van der Waals surface area contributed by atoms with Crippen molar-refractivity contribution in [3.8, 4) is 34.5 Å². The van der Waals surface area contributed by atoms with Crippen molar-refractivity contribution in [2.75, 3.05) is 0 Å². The molecule has 15 aromatic carbocycles. The zero-order valence-corrected chi connectivity index (χ0v) is 69.0. The number of benzene rings is 15. The summed E-state index contributed by atoms with van der Waals surface area (Å²) in [6, 6.07) is 108. The summed E-state index contributed by atoms with van der Waals surface area (Å²) >= 11 is 0. The summed E-state index contributed by atoms with van der Waals surface area (Å²) in [5.41, 5.74) is 31.7. The van der Waals surface area contributed by atoms with Crippen molar-refractivity contribution in [3.05, 3.63) is 362 Å². The van der Waals surface area contributed by atoms with Crippen LogP contribution in [-0.4, -0.2) is 56.8 Å². The highest BCUT2D eigenvalue weighted by molar-refractivity contribution is 6.24. The summed E-state index contributed by atoms with van der Waals surface area (Å²) in [6.45, 7) is 0. The van der Waals surface area contributed by atoms with Gasteiger partial charge in [-0.2, -0.15) is 55.2 Å². The molecule has 132 heavy (non-hydrogen) atoms. The molecule has 0 fully saturated rings. The van der Waals surface area contributed by atoms with E-state index in [9.17, 15) is 0 Å². The van der Waals surface area contributed by atoms with Crippen molar-refractivity contribution in [1.29, 1.82) is 0 Å². The van der Waals surface area contributed by atoms with E-state index in [1.54, 1.807) is 12.5 Å². The average molecular weight is 1690 g/mol. The van der Waals surface area contributed by atoms with Crippen LogP contribution in [0.25, 0.3) is 230 Å². The summed E-state index contributed by atoms with van der Waals surface area (Å²) in [6.07, 6.45) is 9.30. The maximum Gasteiger partial charge on any atom is 0.332 e. The van der Waals surface area contributed by atoms with Gasteiger partial charge in [0.05, 0.1) is 55.8 Å². The first kappa shape index (κ1) is 64.5. The van der Waals surface area contributed by atoms with E-state index in [4.69, 9.17) is 24.3 Å². The Hall–Kier alpha value is -18.2. The SMILES string of the molecule is c1ccc2c(c1)c1ccc3c4c1c1n2c2ccccc2[n+]1C41c2c(ccc4c5ccccc5n5c6ccnnc6[n+]1c5c24)O3.c1ccc2c(c1)c1ccc3c4c1c1n2c2ccccc2[n+]1C41c2c(ccc4c5ccccc5n5c6cncnc6[n+]1c5c24)O3.c1ccc2c(c1)c1ccc3c4c1c1n2c2ccccc2[n+]1C41c2c(ccc4c5ccccc5n5c6cnncc6[n+]1c5c24)O3. The monoisotopic (exact) mass is 1690 g/mol. The second-order valence-corrected chi connectivity index (χ2v) is 36.8. The number of hydrogen-bond donors (Lipinski definition) is 0. The predicted molar refractivity (Wildman–Crippen MR) is 502 cm³/mol. The zero-order chi connectivity index (χ0) is 84.2. The van der Waals surface area contributed by atoms with Gasteiger partial charge in [-0.1, -0.05) is 156 Å². The minimum Gasteiger partial charge on any atom is -0.456 e. The lowest BCUT2D eigenvalue weighted by molar-refractivity contribution is -0.924. The molecule has 21 nitrogen and oxygen atoms in total. The molecule has 0 amide bonds. The van der Waals surface area contributed by atoms with E-state index in [2.05, 4.69) is 371 Å². The Morgan fingerprint density at radius 2 is 0.492 bits per heavy atom. The Kier molecular flexibility index (Phi) is 10.1. The number of fused-ring (bicyclic) bond motifs is 36. The molecular weight excluding hydrogens is 1630 g/mol. The third-order valence-electron chi connectivity index (χ3n) is 31.7. The largest absolute Gasteiger partial charge is 0.456 e. The van der Waals surface area contributed by atoms with Crippen molar-refractivity contribution in [3.63, 3.8) is 0 Å². The highest BCUT2D eigenvalue weighted by atomic mass is 16.5. The van der Waals surface area contributed by atoms with Crippen LogP contribution in [0.3, 0.4) is 0 Å². The highest BCUT2D eigenvalue weighted by Gasteiger charge is 2.71. The Labute approximate surface area is 737 Å². The third kappa shape index (κ3) is 6.27. The molecule has 24 heterocycles. The van der Waals surface area contributed by atoms with Gasteiger partial charge in [-0.05, 0) is 156 Å². The van der Waals surface area contributed by atoms with E-state index in [0.717, 1.165) is 101 Å². The van der Waals surface area contributed by atoms with Gasteiger partial charge in [-0.15, -0.1) is 0 Å². The van der Waals surface area contributed by atoms with Gasteiger partial charge in [0, 0.05) is 65.0 Å². The van der Waals surface area contributed by atoms with Gasteiger partial charge in [0.2, 0.25) is 22.3 Å². The minimum atomic E-state index is -0.765. The lowest BCUT2D eigenvalue weighted by Crippen LogP contribution is -2.72. The summed E-state index contributed by atoms with van der Waals surface area (Å²) in [7, 11) is 0. The lowest BCUT2D eigenvalue weighted by atomic mass is 9.85. The van der Waals surface area contributed by atoms with Gasteiger partial charge in [0.25, 0.3) is 22.6 Å². The Morgan fingerprint density at radius 3 is 0.856 bits per heavy atom. The summed E-state index contributed by atoms with van der Waals surface area (Å²) in [5.74, 6) is 5.34. The quantitative estimate of drug-likeness (QED) is 0.107. The van der Waals surface area contributed by atoms with E-state index >= 15 is 0 Å². The predicted octanol–water partition coefficient (Wildman–Crippen LogP) is 19.5. The molecule has 3 unspecified atom stereocenters. The number of rotatable bonds is 0. The summed E-state index contributed by atoms with van der Waals surface area (Å²) in [5, 5.41) is 40.2. The molecule has 0 saturated carbocycles. The zero-order valence-electron chi connectivity index (χ0n) is 69.0. The van der Waals surface area contributed by atoms with Crippen LogP contribution in [0.1, 0.15) is 33.4 Å². The van der Waals surface area contributed by atoms with Gasteiger partial charge in [0.1, 0.15) is 102 Å². The van der Waals surface area contributed by atoms with E-state index in [0.29, 0.717) is 0 Å². The Morgan fingerprint density at radius 1 is 0.212 bits per heavy atom. The number of para-hydroxylation sites is 12. The van der Waals surface area contributed by atoms with Gasteiger partial charge >= 0.3 is 28.3 Å². The average Bonchev–Trinajstić information content (AvgIpc) is 1.46. The molecule has 15 aromatic heterocycles. The number of hydrogen-bond acceptors (Lipinski definition) is 9. The second-order valence-electron chi connectivity index (χ2n) is 36.8. The second kappa shape index (κ2) is 20.7. The lowest BCUT2D eigenvalue weighted by Gasteiger charge is -2.31. The number of pyridine rings is 6. The topological polar surface area (TPSA) is 155 Å². The van der Waals surface area contributed by atoms with Crippen molar-refractivity contribution in [2.24, 2.45) is 0 Å². The maximum atomic E-state index is 6.92. The number of ether oxygens (including phenoxy) is 3. The first-order valence-corrected chi connectivity index (χ1v) is 44.8. The van der Waals surface area contributed by atoms with Gasteiger partial charge < -0.3 is 14.2 Å². The first-order valence-electron chi connectivity index (χ1n) is 44.8. The molecule has 0 bridgehead atoms. The highest BCUT2D eigenvalue weighted by Crippen LogP contribution is 2.64. The van der Waals surface area contributed by atoms with Crippen LogP contribution >= 0.6 is 0 Å². The molecule has 0 N–H and O–H groups in total. The molecule has 3 spiro atoms. The molecule has 0 saturated heterocycles. The molecule has 0 aliphatic carbocycles. The molecule has 9 aliphatic rings. The molecule has 3 atom stereocenters. The number of aromatic nitrogens is 18.